The first-order valence-electron chi connectivity index (χ1n) is 4.80. The number of nitriles is 1. The molecule has 0 unspecified atom stereocenters. The molecule has 0 spiro atoms. The van der Waals surface area contributed by atoms with E-state index in [-0.39, 0.29) is 6.10 Å². The molecule has 0 bridgehead atoms. The summed E-state index contributed by atoms with van der Waals surface area (Å²) in [7, 11) is 0. The first kappa shape index (κ1) is 11.4. The lowest BCUT2D eigenvalue weighted by molar-refractivity contribution is 0.0870. The van der Waals surface area contributed by atoms with Gasteiger partial charge in [-0.25, -0.2) is 9.97 Å². The zero-order chi connectivity index (χ0) is 11.1. The summed E-state index contributed by atoms with van der Waals surface area (Å²) in [6.45, 7) is 5.28. The summed E-state index contributed by atoms with van der Waals surface area (Å²) in [6, 6.07) is 1.91. The van der Waals surface area contributed by atoms with Gasteiger partial charge in [0.15, 0.2) is 5.69 Å². The van der Waals surface area contributed by atoms with Gasteiger partial charge in [-0.05, 0) is 13.8 Å². The molecule has 0 atom stereocenters. The highest BCUT2D eigenvalue weighted by Crippen LogP contribution is 1.99. The number of aromatic nitrogens is 2. The van der Waals surface area contributed by atoms with Crippen LogP contribution in [0.25, 0.3) is 0 Å². The van der Waals surface area contributed by atoms with Crippen LogP contribution in [0.5, 0.6) is 0 Å². The summed E-state index contributed by atoms with van der Waals surface area (Å²) < 4.78 is 5.35. The lowest BCUT2D eigenvalue weighted by atomic mass is 10.5. The summed E-state index contributed by atoms with van der Waals surface area (Å²) in [4.78, 5) is 7.90. The van der Waals surface area contributed by atoms with Crippen molar-refractivity contribution in [3.05, 3.63) is 18.1 Å². The average molecular weight is 206 g/mol. The first-order valence-corrected chi connectivity index (χ1v) is 4.80. The van der Waals surface area contributed by atoms with E-state index in [9.17, 15) is 0 Å². The molecular formula is C10H14N4O. The van der Waals surface area contributed by atoms with Crippen molar-refractivity contribution in [2.75, 3.05) is 18.5 Å². The van der Waals surface area contributed by atoms with E-state index in [1.165, 1.54) is 12.4 Å². The number of rotatable bonds is 5. The predicted octanol–water partition coefficient (Wildman–Crippen LogP) is 1.19. The van der Waals surface area contributed by atoms with Gasteiger partial charge in [0.05, 0.1) is 25.1 Å². The highest BCUT2D eigenvalue weighted by Gasteiger charge is 1.96. The van der Waals surface area contributed by atoms with Crippen molar-refractivity contribution < 1.29 is 4.74 Å². The molecule has 0 saturated heterocycles. The van der Waals surface area contributed by atoms with Gasteiger partial charge in [-0.15, -0.1) is 0 Å². The summed E-state index contributed by atoms with van der Waals surface area (Å²) in [6.07, 6.45) is 3.21. The molecule has 1 rings (SSSR count). The van der Waals surface area contributed by atoms with Crippen LogP contribution >= 0.6 is 0 Å². The number of anilines is 1. The lowest BCUT2D eigenvalue weighted by Crippen LogP contribution is -2.13. The van der Waals surface area contributed by atoms with Crippen LogP contribution in [0, 0.1) is 11.3 Å². The second-order valence-corrected chi connectivity index (χ2v) is 3.25. The van der Waals surface area contributed by atoms with Crippen molar-refractivity contribution in [1.29, 1.82) is 5.26 Å². The van der Waals surface area contributed by atoms with Crippen LogP contribution < -0.4 is 5.32 Å². The summed E-state index contributed by atoms with van der Waals surface area (Å²) >= 11 is 0. The monoisotopic (exact) mass is 206 g/mol. The Morgan fingerprint density at radius 1 is 1.47 bits per heavy atom. The Bertz CT molecular complexity index is 328. The summed E-state index contributed by atoms with van der Waals surface area (Å²) in [5.41, 5.74) is 0.319. The third-order valence-electron chi connectivity index (χ3n) is 1.63. The molecule has 0 aliphatic heterocycles. The van der Waals surface area contributed by atoms with Crippen molar-refractivity contribution in [2.45, 2.75) is 20.0 Å². The van der Waals surface area contributed by atoms with Gasteiger partial charge in [0.25, 0.3) is 0 Å². The molecule has 5 heteroatoms. The Morgan fingerprint density at radius 3 is 2.80 bits per heavy atom. The van der Waals surface area contributed by atoms with Gasteiger partial charge < -0.3 is 10.1 Å². The van der Waals surface area contributed by atoms with Gasteiger partial charge >= 0.3 is 0 Å². The van der Waals surface area contributed by atoms with Gasteiger partial charge in [-0.1, -0.05) is 0 Å². The van der Waals surface area contributed by atoms with Crippen LogP contribution in [0.15, 0.2) is 12.4 Å². The van der Waals surface area contributed by atoms with E-state index in [2.05, 4.69) is 15.3 Å². The van der Waals surface area contributed by atoms with Crippen molar-refractivity contribution in [1.82, 2.24) is 9.97 Å². The van der Waals surface area contributed by atoms with Gasteiger partial charge in [-0.2, -0.15) is 5.26 Å². The van der Waals surface area contributed by atoms with E-state index in [1.807, 2.05) is 19.9 Å². The lowest BCUT2D eigenvalue weighted by Gasteiger charge is -2.08. The standard InChI is InChI=1S/C10H14N4O/c1-8(2)15-4-3-12-10-7-13-9(5-11)6-14-10/h6-8H,3-4H2,1-2H3,(H,12,14). The maximum atomic E-state index is 8.51. The highest BCUT2D eigenvalue weighted by molar-refractivity contribution is 5.32. The summed E-state index contributed by atoms with van der Waals surface area (Å²) in [5.74, 6) is 0.654. The number of nitrogens with zero attached hydrogens (tertiary/aromatic N) is 3. The fourth-order valence-electron chi connectivity index (χ4n) is 0.951. The van der Waals surface area contributed by atoms with Crippen LogP contribution in [-0.2, 0) is 4.74 Å². The Morgan fingerprint density at radius 2 is 2.27 bits per heavy atom. The molecular weight excluding hydrogens is 192 g/mol. The topological polar surface area (TPSA) is 70.8 Å². The zero-order valence-corrected chi connectivity index (χ0v) is 8.90. The molecule has 0 aliphatic rings. The second kappa shape index (κ2) is 5.94. The van der Waals surface area contributed by atoms with E-state index < -0.39 is 0 Å². The molecule has 0 aromatic carbocycles. The van der Waals surface area contributed by atoms with Crippen molar-refractivity contribution in [3.8, 4) is 6.07 Å². The number of hydrogen-bond donors (Lipinski definition) is 1. The van der Waals surface area contributed by atoms with Crippen LogP contribution in [0.3, 0.4) is 0 Å². The molecule has 0 fully saturated rings. The molecule has 0 radical (unpaired) electrons. The van der Waals surface area contributed by atoms with Crippen LogP contribution in [0.4, 0.5) is 5.82 Å². The quantitative estimate of drug-likeness (QED) is 0.732. The molecule has 1 aromatic rings. The van der Waals surface area contributed by atoms with E-state index in [0.717, 1.165) is 0 Å². The fraction of sp³-hybridized carbons (Fsp3) is 0.500. The summed E-state index contributed by atoms with van der Waals surface area (Å²) in [5, 5.41) is 11.6. The number of nitrogens with one attached hydrogen (secondary N) is 1. The van der Waals surface area contributed by atoms with E-state index in [1.54, 1.807) is 0 Å². The van der Waals surface area contributed by atoms with Crippen molar-refractivity contribution >= 4 is 5.82 Å². The molecule has 80 valence electrons. The Balaban J connectivity index is 2.29. The van der Waals surface area contributed by atoms with E-state index in [0.29, 0.717) is 24.7 Å². The number of ether oxygens (including phenoxy) is 1. The molecule has 1 aromatic heterocycles. The van der Waals surface area contributed by atoms with Gasteiger partial charge in [0.1, 0.15) is 11.9 Å². The second-order valence-electron chi connectivity index (χ2n) is 3.25. The molecule has 1 N–H and O–H groups in total. The van der Waals surface area contributed by atoms with E-state index >= 15 is 0 Å². The van der Waals surface area contributed by atoms with Crippen molar-refractivity contribution in [3.63, 3.8) is 0 Å². The minimum Gasteiger partial charge on any atom is -0.377 e. The first-order chi connectivity index (χ1) is 7.22. The molecule has 1 heterocycles. The Labute approximate surface area is 89.1 Å². The minimum atomic E-state index is 0.235. The third-order valence-corrected chi connectivity index (χ3v) is 1.63. The third kappa shape index (κ3) is 4.38. The highest BCUT2D eigenvalue weighted by atomic mass is 16.5. The molecule has 0 saturated carbocycles. The Kier molecular flexibility index (Phi) is 4.51. The van der Waals surface area contributed by atoms with Crippen LogP contribution in [0.2, 0.25) is 0 Å². The van der Waals surface area contributed by atoms with Gasteiger partial charge in [0.2, 0.25) is 0 Å². The molecule has 15 heavy (non-hydrogen) atoms. The van der Waals surface area contributed by atoms with Gasteiger partial charge in [0, 0.05) is 6.54 Å². The maximum absolute atomic E-state index is 8.51. The zero-order valence-electron chi connectivity index (χ0n) is 8.90. The molecule has 5 nitrogen and oxygen atoms in total. The van der Waals surface area contributed by atoms with Crippen LogP contribution in [-0.4, -0.2) is 29.2 Å². The smallest absolute Gasteiger partial charge is 0.158 e. The fourth-order valence-corrected chi connectivity index (χ4v) is 0.951. The Hall–Kier alpha value is -1.67. The minimum absolute atomic E-state index is 0.235. The molecule has 0 amide bonds. The maximum Gasteiger partial charge on any atom is 0.158 e. The average Bonchev–Trinajstić information content (AvgIpc) is 2.25. The SMILES string of the molecule is CC(C)OCCNc1cnc(C#N)cn1. The van der Waals surface area contributed by atoms with E-state index in [4.69, 9.17) is 10.00 Å². The predicted molar refractivity (Wildman–Crippen MR) is 56.3 cm³/mol. The van der Waals surface area contributed by atoms with Crippen molar-refractivity contribution in [2.24, 2.45) is 0 Å². The van der Waals surface area contributed by atoms with Crippen LogP contribution in [0.1, 0.15) is 19.5 Å². The van der Waals surface area contributed by atoms with Gasteiger partial charge in [-0.3, -0.25) is 0 Å². The molecule has 0 aliphatic carbocycles. The number of hydrogen-bond acceptors (Lipinski definition) is 5. The normalized spacial score (nSPS) is 10.0. The largest absolute Gasteiger partial charge is 0.377 e.